The van der Waals surface area contributed by atoms with Crippen molar-refractivity contribution >= 4 is 5.78 Å². The minimum Gasteiger partial charge on any atom is -0.489 e. The molecule has 3 nitrogen and oxygen atoms in total. The zero-order valence-electron chi connectivity index (χ0n) is 9.56. The van der Waals surface area contributed by atoms with Gasteiger partial charge in [-0.25, -0.2) is 0 Å². The van der Waals surface area contributed by atoms with Crippen LogP contribution in [-0.2, 0) is 6.42 Å². The van der Waals surface area contributed by atoms with Gasteiger partial charge >= 0.3 is 0 Å². The molecule has 0 aromatic heterocycles. The number of carbonyl (C=O) groups is 1. The molecule has 0 saturated carbocycles. The van der Waals surface area contributed by atoms with Crippen LogP contribution in [-0.4, -0.2) is 23.6 Å². The number of rotatable bonds is 3. The fourth-order valence-corrected chi connectivity index (χ4v) is 1.93. The van der Waals surface area contributed by atoms with E-state index in [2.05, 4.69) is 0 Å². The second kappa shape index (κ2) is 4.26. The number of ether oxygens (including phenoxy) is 1. The van der Waals surface area contributed by atoms with Crippen molar-refractivity contribution in [3.05, 3.63) is 29.3 Å². The quantitative estimate of drug-likeness (QED) is 0.790. The first-order valence-corrected chi connectivity index (χ1v) is 5.53. The molecule has 0 aliphatic carbocycles. The molecule has 0 amide bonds. The van der Waals surface area contributed by atoms with E-state index in [4.69, 9.17) is 9.84 Å². The van der Waals surface area contributed by atoms with Crippen molar-refractivity contribution in [2.75, 3.05) is 6.61 Å². The van der Waals surface area contributed by atoms with E-state index in [9.17, 15) is 4.79 Å². The van der Waals surface area contributed by atoms with Crippen LogP contribution in [0.15, 0.2) is 18.2 Å². The van der Waals surface area contributed by atoms with Crippen molar-refractivity contribution < 1.29 is 14.6 Å². The number of benzene rings is 1. The summed E-state index contributed by atoms with van der Waals surface area (Å²) in [6.07, 6.45) is 0.806. The Hall–Kier alpha value is -1.35. The highest BCUT2D eigenvalue weighted by Gasteiger charge is 2.27. The lowest BCUT2D eigenvalue weighted by Gasteiger charge is -2.16. The van der Waals surface area contributed by atoms with Crippen LogP contribution in [0.25, 0.3) is 0 Å². The summed E-state index contributed by atoms with van der Waals surface area (Å²) in [5, 5.41) is 9.08. The van der Waals surface area contributed by atoms with Crippen LogP contribution in [0.3, 0.4) is 0 Å². The van der Waals surface area contributed by atoms with Crippen molar-refractivity contribution in [1.82, 2.24) is 0 Å². The van der Waals surface area contributed by atoms with Crippen LogP contribution >= 0.6 is 0 Å². The molecule has 0 radical (unpaired) electrons. The summed E-state index contributed by atoms with van der Waals surface area (Å²) >= 11 is 0. The minimum absolute atomic E-state index is 0.0298. The van der Waals surface area contributed by atoms with Gasteiger partial charge in [0, 0.05) is 24.5 Å². The number of Topliss-reactive ketones (excluding diaryl/α,β-unsaturated/α-hetero) is 1. The summed E-state index contributed by atoms with van der Waals surface area (Å²) in [5.41, 5.74) is 1.79. The molecular weight excluding hydrogens is 204 g/mol. The standard InChI is InChI=1S/C13H16O3/c1-8(7-14)13-6-11-5-10(9(2)15)3-4-12(11)16-13/h3-5,8,13-14H,6-7H2,1-2H3/t8-,13-/m0/s1. The maximum absolute atomic E-state index is 11.2. The molecule has 0 saturated heterocycles. The van der Waals surface area contributed by atoms with Crippen LogP contribution in [0.1, 0.15) is 29.8 Å². The van der Waals surface area contributed by atoms with E-state index in [0.29, 0.717) is 0 Å². The molecule has 0 spiro atoms. The second-order valence-electron chi connectivity index (χ2n) is 4.40. The number of aliphatic hydroxyl groups excluding tert-OH is 1. The molecule has 1 aliphatic rings. The largest absolute Gasteiger partial charge is 0.489 e. The van der Waals surface area contributed by atoms with E-state index in [1.807, 2.05) is 19.1 Å². The zero-order chi connectivity index (χ0) is 11.7. The molecule has 3 heteroatoms. The van der Waals surface area contributed by atoms with Gasteiger partial charge in [0.2, 0.25) is 0 Å². The normalized spacial score (nSPS) is 20.1. The highest BCUT2D eigenvalue weighted by atomic mass is 16.5. The third-order valence-corrected chi connectivity index (χ3v) is 3.09. The molecule has 0 fully saturated rings. The highest BCUT2D eigenvalue weighted by molar-refractivity contribution is 5.94. The molecule has 0 unspecified atom stereocenters. The second-order valence-corrected chi connectivity index (χ2v) is 4.40. The molecule has 1 aromatic rings. The number of hydrogen-bond donors (Lipinski definition) is 1. The van der Waals surface area contributed by atoms with Gasteiger partial charge in [-0.1, -0.05) is 6.92 Å². The lowest BCUT2D eigenvalue weighted by atomic mass is 9.99. The monoisotopic (exact) mass is 220 g/mol. The van der Waals surface area contributed by atoms with Gasteiger partial charge in [-0.3, -0.25) is 4.79 Å². The Morgan fingerprint density at radius 3 is 3.00 bits per heavy atom. The van der Waals surface area contributed by atoms with E-state index in [1.165, 1.54) is 0 Å². The van der Waals surface area contributed by atoms with Crippen LogP contribution in [0, 0.1) is 5.92 Å². The molecule has 1 aromatic carbocycles. The van der Waals surface area contributed by atoms with Crippen LogP contribution in [0.4, 0.5) is 0 Å². The van der Waals surface area contributed by atoms with Gasteiger partial charge < -0.3 is 9.84 Å². The Balaban J connectivity index is 2.21. The summed E-state index contributed by atoms with van der Waals surface area (Å²) in [4.78, 5) is 11.2. The summed E-state index contributed by atoms with van der Waals surface area (Å²) in [5.74, 6) is 1.03. The summed E-state index contributed by atoms with van der Waals surface area (Å²) in [6.45, 7) is 3.64. The first kappa shape index (κ1) is 11.1. The molecule has 1 N–H and O–H groups in total. The van der Waals surface area contributed by atoms with Gasteiger partial charge in [0.1, 0.15) is 11.9 Å². The Bertz CT molecular complexity index is 412. The molecule has 86 valence electrons. The maximum atomic E-state index is 11.2. The van der Waals surface area contributed by atoms with Crippen molar-refractivity contribution in [3.8, 4) is 5.75 Å². The van der Waals surface area contributed by atoms with Crippen LogP contribution < -0.4 is 4.74 Å². The Kier molecular flexibility index (Phi) is 2.97. The van der Waals surface area contributed by atoms with Crippen molar-refractivity contribution in [2.24, 2.45) is 5.92 Å². The zero-order valence-corrected chi connectivity index (χ0v) is 9.56. The Morgan fingerprint density at radius 2 is 2.38 bits per heavy atom. The van der Waals surface area contributed by atoms with Crippen molar-refractivity contribution in [2.45, 2.75) is 26.4 Å². The summed E-state index contributed by atoms with van der Waals surface area (Å²) in [7, 11) is 0. The average Bonchev–Trinajstić information content (AvgIpc) is 2.70. The van der Waals surface area contributed by atoms with E-state index >= 15 is 0 Å². The van der Waals surface area contributed by atoms with Crippen molar-refractivity contribution in [3.63, 3.8) is 0 Å². The molecule has 2 atom stereocenters. The van der Waals surface area contributed by atoms with Gasteiger partial charge in [0.25, 0.3) is 0 Å². The molecule has 16 heavy (non-hydrogen) atoms. The summed E-state index contributed by atoms with van der Waals surface area (Å²) < 4.78 is 5.72. The van der Waals surface area contributed by atoms with E-state index < -0.39 is 0 Å². The van der Waals surface area contributed by atoms with Gasteiger partial charge in [0.15, 0.2) is 5.78 Å². The van der Waals surface area contributed by atoms with Gasteiger partial charge in [-0.15, -0.1) is 0 Å². The molecule has 1 aliphatic heterocycles. The first-order valence-electron chi connectivity index (χ1n) is 5.53. The summed E-state index contributed by atoms with van der Waals surface area (Å²) in [6, 6.07) is 5.52. The third kappa shape index (κ3) is 1.95. The Morgan fingerprint density at radius 1 is 1.62 bits per heavy atom. The van der Waals surface area contributed by atoms with E-state index in [-0.39, 0.29) is 24.4 Å². The number of ketones is 1. The number of aliphatic hydroxyl groups is 1. The predicted molar refractivity (Wildman–Crippen MR) is 60.8 cm³/mol. The lowest BCUT2D eigenvalue weighted by molar-refractivity contribution is 0.101. The molecular formula is C13H16O3. The first-order chi connectivity index (χ1) is 7.61. The van der Waals surface area contributed by atoms with E-state index in [0.717, 1.165) is 23.3 Å². The fourth-order valence-electron chi connectivity index (χ4n) is 1.93. The SMILES string of the molecule is CC(=O)c1ccc2c(c1)C[C@@H]([C@@H](C)CO)O2. The maximum Gasteiger partial charge on any atom is 0.159 e. The molecule has 0 bridgehead atoms. The number of fused-ring (bicyclic) bond motifs is 1. The van der Waals surface area contributed by atoms with Gasteiger partial charge in [-0.2, -0.15) is 0 Å². The Labute approximate surface area is 95.0 Å². The number of hydrogen-bond acceptors (Lipinski definition) is 3. The topological polar surface area (TPSA) is 46.5 Å². The molecule has 1 heterocycles. The minimum atomic E-state index is 0.0298. The molecule has 2 rings (SSSR count). The highest BCUT2D eigenvalue weighted by Crippen LogP contribution is 2.32. The van der Waals surface area contributed by atoms with Crippen LogP contribution in [0.5, 0.6) is 5.75 Å². The average molecular weight is 220 g/mol. The fraction of sp³-hybridized carbons (Fsp3) is 0.462. The van der Waals surface area contributed by atoms with Gasteiger partial charge in [0.05, 0.1) is 0 Å². The van der Waals surface area contributed by atoms with Crippen molar-refractivity contribution in [1.29, 1.82) is 0 Å². The number of carbonyl (C=O) groups excluding carboxylic acids is 1. The van der Waals surface area contributed by atoms with Crippen LogP contribution in [0.2, 0.25) is 0 Å². The predicted octanol–water partition coefficient (Wildman–Crippen LogP) is 1.82. The smallest absolute Gasteiger partial charge is 0.159 e. The third-order valence-electron chi connectivity index (χ3n) is 3.09. The van der Waals surface area contributed by atoms with E-state index in [1.54, 1.807) is 13.0 Å². The van der Waals surface area contributed by atoms with Gasteiger partial charge in [-0.05, 0) is 30.7 Å². The lowest BCUT2D eigenvalue weighted by Crippen LogP contribution is -2.25.